The van der Waals surface area contributed by atoms with Gasteiger partial charge in [0.25, 0.3) is 0 Å². The Balaban J connectivity index is 2.86. The molecule has 4 nitrogen and oxygen atoms in total. The molecule has 1 unspecified atom stereocenters. The number of hydrogen-bond acceptors (Lipinski definition) is 4. The third-order valence-corrected chi connectivity index (χ3v) is 2.29. The van der Waals surface area contributed by atoms with Gasteiger partial charge in [-0.2, -0.15) is 0 Å². The van der Waals surface area contributed by atoms with Crippen LogP contribution in [0.1, 0.15) is 12.5 Å². The average molecular weight is 257 g/mol. The van der Waals surface area contributed by atoms with Crippen LogP contribution in [0.4, 0.5) is 4.39 Å². The van der Waals surface area contributed by atoms with Crippen LogP contribution in [0.15, 0.2) is 18.2 Å². The summed E-state index contributed by atoms with van der Waals surface area (Å²) in [5, 5.41) is 0. The van der Waals surface area contributed by atoms with Crippen LogP contribution in [0.3, 0.4) is 0 Å². The Bertz CT molecular complexity index is 450. The Morgan fingerprint density at radius 2 is 2.18 bits per heavy atom. The van der Waals surface area contributed by atoms with Crippen LogP contribution >= 0.6 is 12.2 Å². The summed E-state index contributed by atoms with van der Waals surface area (Å²) in [5.41, 5.74) is 5.75. The molecule has 0 aliphatic carbocycles. The van der Waals surface area contributed by atoms with E-state index < -0.39 is 17.9 Å². The maximum Gasteiger partial charge on any atom is 0.346 e. The Labute approximate surface area is 104 Å². The molecule has 0 fully saturated rings. The molecule has 1 atom stereocenters. The zero-order valence-electron chi connectivity index (χ0n) is 9.40. The Kier molecular flexibility index (Phi) is 4.39. The fourth-order valence-electron chi connectivity index (χ4n) is 1.15. The largest absolute Gasteiger partial charge is 0.476 e. The van der Waals surface area contributed by atoms with Gasteiger partial charge in [-0.25, -0.2) is 9.18 Å². The number of halogens is 1. The molecule has 92 valence electrons. The quantitative estimate of drug-likeness (QED) is 0.652. The lowest BCUT2D eigenvalue weighted by molar-refractivity contribution is -0.148. The lowest BCUT2D eigenvalue weighted by Gasteiger charge is -2.13. The molecule has 0 aliphatic rings. The number of carbonyl (C=O) groups is 1. The highest BCUT2D eigenvalue weighted by Gasteiger charge is 2.17. The number of ether oxygens (including phenoxy) is 2. The number of carbonyl (C=O) groups excluding carboxylic acids is 1. The first-order chi connectivity index (χ1) is 7.95. The minimum Gasteiger partial charge on any atom is -0.476 e. The van der Waals surface area contributed by atoms with Gasteiger partial charge in [-0.1, -0.05) is 12.2 Å². The average Bonchev–Trinajstić information content (AvgIpc) is 2.30. The van der Waals surface area contributed by atoms with Gasteiger partial charge < -0.3 is 15.2 Å². The molecule has 2 N–H and O–H groups in total. The lowest BCUT2D eigenvalue weighted by atomic mass is 10.2. The maximum atomic E-state index is 13.5. The lowest BCUT2D eigenvalue weighted by Crippen LogP contribution is -2.25. The highest BCUT2D eigenvalue weighted by Crippen LogP contribution is 2.19. The molecular weight excluding hydrogens is 245 g/mol. The van der Waals surface area contributed by atoms with E-state index in [2.05, 4.69) is 4.74 Å². The molecule has 1 aromatic rings. The summed E-state index contributed by atoms with van der Waals surface area (Å²) in [7, 11) is 1.23. The zero-order valence-corrected chi connectivity index (χ0v) is 10.2. The summed E-state index contributed by atoms with van der Waals surface area (Å²) >= 11 is 4.71. The highest BCUT2D eigenvalue weighted by atomic mass is 32.1. The summed E-state index contributed by atoms with van der Waals surface area (Å²) < 4.78 is 23.1. The molecule has 0 radical (unpaired) electrons. The summed E-state index contributed by atoms with van der Waals surface area (Å²) in [5.74, 6) is -1.27. The van der Waals surface area contributed by atoms with Crippen LogP contribution in [0.5, 0.6) is 5.75 Å². The molecule has 0 heterocycles. The molecule has 0 saturated heterocycles. The van der Waals surface area contributed by atoms with E-state index in [0.29, 0.717) is 5.56 Å². The van der Waals surface area contributed by atoms with Crippen LogP contribution < -0.4 is 10.5 Å². The van der Waals surface area contributed by atoms with Gasteiger partial charge in [-0.05, 0) is 25.1 Å². The second-order valence-corrected chi connectivity index (χ2v) is 3.73. The van der Waals surface area contributed by atoms with Crippen LogP contribution in [-0.2, 0) is 9.53 Å². The van der Waals surface area contributed by atoms with E-state index in [-0.39, 0.29) is 10.7 Å². The molecule has 0 saturated carbocycles. The monoisotopic (exact) mass is 257 g/mol. The van der Waals surface area contributed by atoms with Crippen LogP contribution in [-0.4, -0.2) is 24.2 Å². The first kappa shape index (κ1) is 13.4. The maximum absolute atomic E-state index is 13.5. The third kappa shape index (κ3) is 3.39. The number of nitrogens with two attached hydrogens (primary N) is 1. The smallest absolute Gasteiger partial charge is 0.346 e. The van der Waals surface area contributed by atoms with E-state index in [1.54, 1.807) is 0 Å². The zero-order chi connectivity index (χ0) is 13.0. The normalized spacial score (nSPS) is 11.7. The minimum atomic E-state index is -0.884. The summed E-state index contributed by atoms with van der Waals surface area (Å²) in [6.07, 6.45) is -0.884. The molecule has 6 heteroatoms. The Hall–Kier alpha value is -1.69. The van der Waals surface area contributed by atoms with E-state index >= 15 is 0 Å². The van der Waals surface area contributed by atoms with Gasteiger partial charge in [0.1, 0.15) is 4.99 Å². The topological polar surface area (TPSA) is 61.5 Å². The second-order valence-electron chi connectivity index (χ2n) is 3.29. The molecule has 0 spiro atoms. The molecule has 1 rings (SSSR count). The van der Waals surface area contributed by atoms with Gasteiger partial charge >= 0.3 is 5.97 Å². The van der Waals surface area contributed by atoms with Crippen molar-refractivity contribution < 1.29 is 18.7 Å². The van der Waals surface area contributed by atoms with Gasteiger partial charge in [-0.15, -0.1) is 0 Å². The fourth-order valence-corrected chi connectivity index (χ4v) is 1.28. The molecule has 1 aromatic carbocycles. The first-order valence-corrected chi connectivity index (χ1v) is 5.20. The second kappa shape index (κ2) is 5.58. The van der Waals surface area contributed by atoms with Crippen molar-refractivity contribution in [2.75, 3.05) is 7.11 Å². The Morgan fingerprint density at radius 3 is 2.65 bits per heavy atom. The highest BCUT2D eigenvalue weighted by molar-refractivity contribution is 7.80. The first-order valence-electron chi connectivity index (χ1n) is 4.79. The predicted molar refractivity (Wildman–Crippen MR) is 64.4 cm³/mol. The summed E-state index contributed by atoms with van der Waals surface area (Å²) in [4.78, 5) is 11.2. The number of esters is 1. The van der Waals surface area contributed by atoms with Gasteiger partial charge in [0.2, 0.25) is 0 Å². The fraction of sp³-hybridized carbons (Fsp3) is 0.273. The van der Waals surface area contributed by atoms with Crippen LogP contribution in [0.2, 0.25) is 0 Å². The van der Waals surface area contributed by atoms with Crippen LogP contribution in [0, 0.1) is 5.82 Å². The molecule has 0 amide bonds. The standard InChI is InChI=1S/C11H12FNO3S/c1-6(11(14)15-2)16-9-4-3-7(10(13)17)5-8(9)12/h3-6H,1-2H3,(H2,13,17). The number of methoxy groups -OCH3 is 1. The van der Waals surface area contributed by atoms with Gasteiger partial charge in [0.15, 0.2) is 17.7 Å². The van der Waals surface area contributed by atoms with E-state index in [4.69, 9.17) is 22.7 Å². The predicted octanol–water partition coefficient (Wildman–Crippen LogP) is 1.40. The number of benzene rings is 1. The van der Waals surface area contributed by atoms with Crippen molar-refractivity contribution in [1.82, 2.24) is 0 Å². The molecule has 0 bridgehead atoms. The third-order valence-electron chi connectivity index (χ3n) is 2.05. The molecule has 0 aliphatic heterocycles. The van der Waals surface area contributed by atoms with E-state index in [9.17, 15) is 9.18 Å². The molecular formula is C11H12FNO3S. The number of thiocarbonyl (C=S) groups is 1. The van der Waals surface area contributed by atoms with E-state index in [0.717, 1.165) is 6.07 Å². The van der Waals surface area contributed by atoms with Crippen molar-refractivity contribution in [2.24, 2.45) is 5.73 Å². The van der Waals surface area contributed by atoms with Crippen molar-refractivity contribution in [3.63, 3.8) is 0 Å². The molecule has 17 heavy (non-hydrogen) atoms. The Morgan fingerprint density at radius 1 is 1.53 bits per heavy atom. The van der Waals surface area contributed by atoms with E-state index in [1.165, 1.54) is 26.2 Å². The van der Waals surface area contributed by atoms with Crippen molar-refractivity contribution in [3.05, 3.63) is 29.6 Å². The summed E-state index contributed by atoms with van der Waals surface area (Å²) in [6.45, 7) is 1.47. The number of hydrogen-bond donors (Lipinski definition) is 1. The van der Waals surface area contributed by atoms with Crippen molar-refractivity contribution in [1.29, 1.82) is 0 Å². The van der Waals surface area contributed by atoms with Gasteiger partial charge in [-0.3, -0.25) is 0 Å². The number of rotatable bonds is 4. The van der Waals surface area contributed by atoms with E-state index in [1.807, 2.05) is 0 Å². The van der Waals surface area contributed by atoms with Crippen LogP contribution in [0.25, 0.3) is 0 Å². The summed E-state index contributed by atoms with van der Waals surface area (Å²) in [6, 6.07) is 4.04. The van der Waals surface area contributed by atoms with Crippen molar-refractivity contribution >= 4 is 23.2 Å². The molecule has 0 aromatic heterocycles. The van der Waals surface area contributed by atoms with Gasteiger partial charge in [0.05, 0.1) is 7.11 Å². The van der Waals surface area contributed by atoms with Gasteiger partial charge in [0, 0.05) is 5.56 Å². The SMILES string of the molecule is COC(=O)C(C)Oc1ccc(C(N)=S)cc1F. The van der Waals surface area contributed by atoms with Crippen molar-refractivity contribution in [2.45, 2.75) is 13.0 Å². The van der Waals surface area contributed by atoms with Crippen molar-refractivity contribution in [3.8, 4) is 5.75 Å². The minimum absolute atomic E-state index is 0.0529.